The lowest BCUT2D eigenvalue weighted by molar-refractivity contribution is -0.114. The molecular weight excluding hydrogens is 511 g/mol. The van der Waals surface area contributed by atoms with Gasteiger partial charge in [-0.3, -0.25) is 9.78 Å². The average molecular weight is 557 g/mol. The van der Waals surface area contributed by atoms with Crippen molar-refractivity contribution >= 4 is 11.5 Å². The first-order chi connectivity index (χ1) is 19.5. The molecule has 0 atom stereocenters. The van der Waals surface area contributed by atoms with Crippen LogP contribution in [0.2, 0.25) is 0 Å². The summed E-state index contributed by atoms with van der Waals surface area (Å²) in [5, 5.41) is 0. The van der Waals surface area contributed by atoms with Crippen molar-refractivity contribution in [3.63, 3.8) is 0 Å². The molecule has 0 unspecified atom stereocenters. The number of hydrogen-bond acceptors (Lipinski definition) is 3. The number of aromatic nitrogens is 1. The van der Waals surface area contributed by atoms with Crippen molar-refractivity contribution in [3.05, 3.63) is 136 Å². The molecule has 218 valence electrons. The van der Waals surface area contributed by atoms with E-state index in [1.165, 1.54) is 22.3 Å². The van der Waals surface area contributed by atoms with Crippen LogP contribution in [0, 0.1) is 19.7 Å². The number of halogens is 1. The molecule has 2 N–H and O–H groups in total. The van der Waals surface area contributed by atoms with Gasteiger partial charge in [-0.15, -0.1) is 0 Å². The van der Waals surface area contributed by atoms with E-state index in [1.807, 2.05) is 57.3 Å². The number of ether oxygens (including phenoxy) is 1. The van der Waals surface area contributed by atoms with Gasteiger partial charge < -0.3 is 10.5 Å². The Morgan fingerprint density at radius 3 is 2.27 bits per heavy atom. The van der Waals surface area contributed by atoms with Crippen molar-refractivity contribution in [2.75, 3.05) is 7.11 Å². The second-order valence-corrected chi connectivity index (χ2v) is 9.41. The number of nitrogens with two attached hydrogens (primary N) is 1. The second-order valence-electron chi connectivity index (χ2n) is 9.41. The van der Waals surface area contributed by atoms with Gasteiger partial charge in [0.2, 0.25) is 5.91 Å². The van der Waals surface area contributed by atoms with Crippen molar-refractivity contribution in [2.24, 2.45) is 5.73 Å². The van der Waals surface area contributed by atoms with Crippen LogP contribution in [0.3, 0.4) is 0 Å². The number of carbonyl (C=O) groups is 1. The molecule has 1 heterocycles. The molecule has 0 aliphatic rings. The molecular formula is C36H45FN2O2. The maximum Gasteiger partial charge on any atom is 0.248 e. The molecule has 2 aromatic carbocycles. The SMILES string of the molecule is C/C=C(/c1ccc(OC)c(CC)c1)c1cccnc1C.C=C(C)/C(=C\C=C/C)C(N)=O.CCc1ccc(C)c(F)c1. The molecule has 0 saturated heterocycles. The molecule has 1 amide bonds. The molecule has 0 spiro atoms. The fraction of sp³-hybridized carbons (Fsp3) is 0.278. The molecule has 0 bridgehead atoms. The van der Waals surface area contributed by atoms with Gasteiger partial charge in [0.25, 0.3) is 0 Å². The molecule has 0 aliphatic carbocycles. The lowest BCUT2D eigenvalue weighted by atomic mass is 9.94. The first-order valence-electron chi connectivity index (χ1n) is 13.8. The van der Waals surface area contributed by atoms with E-state index in [9.17, 15) is 9.18 Å². The molecule has 0 saturated carbocycles. The summed E-state index contributed by atoms with van der Waals surface area (Å²) in [4.78, 5) is 15.1. The van der Waals surface area contributed by atoms with Crippen LogP contribution in [-0.2, 0) is 17.6 Å². The highest BCUT2D eigenvalue weighted by Crippen LogP contribution is 2.29. The number of amides is 1. The maximum atomic E-state index is 12.8. The monoisotopic (exact) mass is 556 g/mol. The Balaban J connectivity index is 0.000000339. The smallest absolute Gasteiger partial charge is 0.248 e. The Labute approximate surface area is 246 Å². The Hall–Kier alpha value is -4.25. The van der Waals surface area contributed by atoms with Crippen molar-refractivity contribution in [3.8, 4) is 5.75 Å². The van der Waals surface area contributed by atoms with Crippen molar-refractivity contribution in [1.82, 2.24) is 4.98 Å². The number of benzene rings is 2. The van der Waals surface area contributed by atoms with Crippen LogP contribution >= 0.6 is 0 Å². The van der Waals surface area contributed by atoms with Crippen LogP contribution in [0.1, 0.15) is 68.1 Å². The predicted octanol–water partition coefficient (Wildman–Crippen LogP) is 8.66. The number of allylic oxidation sites excluding steroid dienone is 4. The minimum absolute atomic E-state index is 0.0978. The fourth-order valence-electron chi connectivity index (χ4n) is 3.95. The third kappa shape index (κ3) is 11.0. The van der Waals surface area contributed by atoms with E-state index < -0.39 is 5.91 Å². The lowest BCUT2D eigenvalue weighted by Crippen LogP contribution is -2.14. The van der Waals surface area contributed by atoms with E-state index in [0.29, 0.717) is 11.1 Å². The van der Waals surface area contributed by atoms with Gasteiger partial charge in [-0.2, -0.15) is 0 Å². The molecule has 0 radical (unpaired) electrons. The molecule has 3 rings (SSSR count). The van der Waals surface area contributed by atoms with Gasteiger partial charge in [0, 0.05) is 23.0 Å². The molecule has 4 nitrogen and oxygen atoms in total. The number of pyridine rings is 1. The van der Waals surface area contributed by atoms with Crippen LogP contribution in [0.15, 0.2) is 96.8 Å². The third-order valence-corrected chi connectivity index (χ3v) is 6.38. The zero-order valence-electron chi connectivity index (χ0n) is 25.8. The number of rotatable bonds is 8. The Morgan fingerprint density at radius 1 is 1.07 bits per heavy atom. The van der Waals surface area contributed by atoms with Crippen molar-refractivity contribution in [2.45, 2.75) is 61.3 Å². The third-order valence-electron chi connectivity index (χ3n) is 6.38. The normalized spacial score (nSPS) is 11.2. The maximum absolute atomic E-state index is 12.8. The topological polar surface area (TPSA) is 65.2 Å². The van der Waals surface area contributed by atoms with Crippen LogP contribution < -0.4 is 10.5 Å². The van der Waals surface area contributed by atoms with E-state index in [-0.39, 0.29) is 5.82 Å². The summed E-state index contributed by atoms with van der Waals surface area (Å²) in [5.74, 6) is 0.421. The van der Waals surface area contributed by atoms with Gasteiger partial charge in [-0.05, 0) is 111 Å². The standard InChI is InChI=1S/C18H21NO.C9H11F.C9H13NO/c1-5-14-12-15(9-10-18(14)20-4)16(6-2)17-8-7-11-19-13(17)3;1-3-8-5-4-7(2)9(10)6-8;1-4-5-6-8(7(2)3)9(10)11/h6-12H,5H2,1-4H3;4-6H,3H2,1-2H3;4-6H,2H2,1,3H3,(H2,10,11)/b16-6-;;5-4-,8-6+. The number of aryl methyl sites for hydroxylation is 4. The van der Waals surface area contributed by atoms with Gasteiger partial charge >= 0.3 is 0 Å². The van der Waals surface area contributed by atoms with Crippen molar-refractivity contribution in [1.29, 1.82) is 0 Å². The van der Waals surface area contributed by atoms with E-state index in [0.717, 1.165) is 35.4 Å². The van der Waals surface area contributed by atoms with Crippen LogP contribution in [0.25, 0.3) is 5.57 Å². The molecule has 5 heteroatoms. The van der Waals surface area contributed by atoms with Gasteiger partial charge in [0.05, 0.1) is 7.11 Å². The molecule has 0 fully saturated rings. The van der Waals surface area contributed by atoms with Gasteiger partial charge in [0.1, 0.15) is 11.6 Å². The Bertz CT molecular complexity index is 1380. The largest absolute Gasteiger partial charge is 0.496 e. The number of hydrogen-bond donors (Lipinski definition) is 1. The fourth-order valence-corrected chi connectivity index (χ4v) is 3.95. The second kappa shape index (κ2) is 18.2. The van der Waals surface area contributed by atoms with E-state index in [2.05, 4.69) is 49.7 Å². The first kappa shape index (κ1) is 34.8. The van der Waals surface area contributed by atoms with Gasteiger partial charge in [-0.25, -0.2) is 4.39 Å². The molecule has 41 heavy (non-hydrogen) atoms. The molecule has 0 aliphatic heterocycles. The summed E-state index contributed by atoms with van der Waals surface area (Å²) < 4.78 is 18.2. The Kier molecular flexibility index (Phi) is 15.4. The van der Waals surface area contributed by atoms with Gasteiger partial charge in [0.15, 0.2) is 0 Å². The zero-order chi connectivity index (χ0) is 30.9. The molecule has 3 aromatic rings. The number of methoxy groups -OCH3 is 1. The highest BCUT2D eigenvalue weighted by molar-refractivity contribution is 5.96. The van der Waals surface area contributed by atoms with E-state index in [1.54, 1.807) is 39.2 Å². The minimum atomic E-state index is -0.435. The zero-order valence-corrected chi connectivity index (χ0v) is 25.8. The predicted molar refractivity (Wildman–Crippen MR) is 172 cm³/mol. The molecule has 1 aromatic heterocycles. The lowest BCUT2D eigenvalue weighted by Gasteiger charge is -2.13. The summed E-state index contributed by atoms with van der Waals surface area (Å²) in [5.41, 5.74) is 13.9. The van der Waals surface area contributed by atoms with Gasteiger partial charge in [-0.1, -0.05) is 62.9 Å². The summed E-state index contributed by atoms with van der Waals surface area (Å²) in [7, 11) is 1.72. The first-order valence-corrected chi connectivity index (χ1v) is 13.8. The van der Waals surface area contributed by atoms with Crippen molar-refractivity contribution < 1.29 is 13.9 Å². The van der Waals surface area contributed by atoms with E-state index in [4.69, 9.17) is 10.5 Å². The van der Waals surface area contributed by atoms with Crippen LogP contribution in [0.5, 0.6) is 5.75 Å². The Morgan fingerprint density at radius 2 is 1.78 bits per heavy atom. The summed E-state index contributed by atoms with van der Waals surface area (Å²) in [6.45, 7) is 17.3. The van der Waals surface area contributed by atoms with Crippen LogP contribution in [0.4, 0.5) is 4.39 Å². The number of primary amides is 1. The quantitative estimate of drug-likeness (QED) is 0.223. The summed E-state index contributed by atoms with van der Waals surface area (Å²) in [6, 6.07) is 15.8. The van der Waals surface area contributed by atoms with E-state index >= 15 is 0 Å². The average Bonchev–Trinajstić information content (AvgIpc) is 2.96. The minimum Gasteiger partial charge on any atom is -0.496 e. The van der Waals surface area contributed by atoms with Crippen LogP contribution in [-0.4, -0.2) is 18.0 Å². The highest BCUT2D eigenvalue weighted by Gasteiger charge is 2.10. The number of nitrogens with zero attached hydrogens (tertiary/aromatic N) is 1. The summed E-state index contributed by atoms with van der Waals surface area (Å²) in [6.07, 6.45) is 11.1. The summed E-state index contributed by atoms with van der Waals surface area (Å²) >= 11 is 0. The highest BCUT2D eigenvalue weighted by atomic mass is 19.1. The number of carbonyl (C=O) groups excluding carboxylic acids is 1.